The Balaban J connectivity index is 0. The van der Waals surface area contributed by atoms with Gasteiger partial charge in [0.05, 0.1) is 12.0 Å². The largest absolute Gasteiger partial charge is 1.00 e. The first-order chi connectivity index (χ1) is 10.6. The van der Waals surface area contributed by atoms with E-state index in [-0.39, 0.29) is 51.4 Å². The summed E-state index contributed by atoms with van der Waals surface area (Å²) in [5, 5.41) is 11.1. The molecule has 0 aliphatic carbocycles. The summed E-state index contributed by atoms with van der Waals surface area (Å²) in [5.41, 5.74) is 0. The third kappa shape index (κ3) is 15.6. The minimum absolute atomic E-state index is 0. The zero-order chi connectivity index (χ0) is 16.6. The fraction of sp³-hybridized carbons (Fsp3) is 0.737. The molecule has 1 unspecified atom stereocenters. The smallest absolute Gasteiger partial charge is 0.548 e. The van der Waals surface area contributed by atoms with Gasteiger partial charge in [-0.25, -0.2) is 0 Å². The monoisotopic (exact) mass is 347 g/mol. The first kappa shape index (κ1) is 25.6. The fourth-order valence-electron chi connectivity index (χ4n) is 2.20. The molecule has 0 saturated carbocycles. The molecule has 0 fully saturated rings. The number of carboxylic acids is 1. The molecule has 0 rings (SSSR count). The first-order valence-corrected chi connectivity index (χ1v) is 8.95. The van der Waals surface area contributed by atoms with Crippen LogP contribution < -0.4 is 56.5 Å². The molecule has 0 aliphatic rings. The Kier molecular flexibility index (Phi) is 20.9. The van der Waals surface area contributed by atoms with E-state index >= 15 is 0 Å². The van der Waals surface area contributed by atoms with Crippen LogP contribution in [0.1, 0.15) is 85.0 Å². The Hall–Kier alpha value is 0.386. The Morgan fingerprint density at radius 2 is 1.35 bits per heavy atom. The van der Waals surface area contributed by atoms with E-state index in [2.05, 4.69) is 26.0 Å². The zero-order valence-corrected chi connectivity index (χ0v) is 18.8. The van der Waals surface area contributed by atoms with Gasteiger partial charge in [0.25, 0.3) is 0 Å². The number of nitrogens with zero attached hydrogens (tertiary/aromatic N) is 1. The van der Waals surface area contributed by atoms with Crippen molar-refractivity contribution in [2.24, 2.45) is 0 Å². The van der Waals surface area contributed by atoms with E-state index in [9.17, 15) is 9.90 Å². The molecule has 0 amide bonds. The average molecular weight is 348 g/mol. The van der Waals surface area contributed by atoms with Crippen molar-refractivity contribution in [1.29, 1.82) is 0 Å². The van der Waals surface area contributed by atoms with Crippen molar-refractivity contribution in [2.75, 3.05) is 0 Å². The third-order valence-corrected chi connectivity index (χ3v) is 3.79. The molecule has 0 aliphatic heterocycles. The molecule has 0 aromatic carbocycles. The fourth-order valence-corrected chi connectivity index (χ4v) is 2.20. The summed E-state index contributed by atoms with van der Waals surface area (Å²) in [6, 6.07) is -0.626. The summed E-state index contributed by atoms with van der Waals surface area (Å²) in [5.74, 6) is -1.04. The van der Waals surface area contributed by atoms with Crippen LogP contribution in [0, 0.1) is 0 Å². The third-order valence-electron chi connectivity index (χ3n) is 3.79. The molecule has 0 spiro atoms. The molecule has 1 atom stereocenters. The Bertz CT molecular complexity index is 307. The molecule has 0 radical (unpaired) electrons. The first-order valence-electron chi connectivity index (χ1n) is 8.95. The minimum atomic E-state index is -1.04. The normalized spacial score (nSPS) is 12.5. The van der Waals surface area contributed by atoms with Crippen LogP contribution in [0.5, 0.6) is 0 Å². The van der Waals surface area contributed by atoms with Crippen LogP contribution in [0.4, 0.5) is 0 Å². The van der Waals surface area contributed by atoms with Crippen LogP contribution in [0.25, 0.3) is 0 Å². The molecular formula is C19H34KNO2. The number of rotatable bonds is 14. The number of aliphatic carboxylic acids is 1. The molecule has 0 saturated heterocycles. The topological polar surface area (TPSA) is 43.4 Å². The van der Waals surface area contributed by atoms with Gasteiger partial charge in [0.1, 0.15) is 0 Å². The SMILES string of the molecule is CCCCCC/C=C/N(/C=C/CCCCCC)C(C)C(=O)[O-].[K+]. The zero-order valence-electron chi connectivity index (χ0n) is 15.7. The molecule has 0 aromatic heterocycles. The van der Waals surface area contributed by atoms with Gasteiger partial charge in [-0.2, -0.15) is 0 Å². The van der Waals surface area contributed by atoms with E-state index in [1.807, 2.05) is 12.4 Å². The van der Waals surface area contributed by atoms with E-state index in [4.69, 9.17) is 0 Å². The van der Waals surface area contributed by atoms with E-state index in [1.165, 1.54) is 51.4 Å². The maximum absolute atomic E-state index is 11.1. The van der Waals surface area contributed by atoms with Crippen molar-refractivity contribution in [1.82, 2.24) is 4.90 Å². The van der Waals surface area contributed by atoms with Crippen molar-refractivity contribution in [3.05, 3.63) is 24.6 Å². The molecule has 23 heavy (non-hydrogen) atoms. The predicted octanol–water partition coefficient (Wildman–Crippen LogP) is 1.40. The van der Waals surface area contributed by atoms with Crippen LogP contribution in [0.3, 0.4) is 0 Å². The molecule has 0 N–H and O–H groups in total. The number of unbranched alkanes of at least 4 members (excludes halogenated alkanes) is 8. The van der Waals surface area contributed by atoms with Crippen LogP contribution in [-0.2, 0) is 4.79 Å². The maximum atomic E-state index is 11.1. The maximum Gasteiger partial charge on any atom is 1.00 e. The predicted molar refractivity (Wildman–Crippen MR) is 92.1 cm³/mol. The molecule has 0 bridgehead atoms. The molecule has 0 aromatic rings. The van der Waals surface area contributed by atoms with Gasteiger partial charge in [0.2, 0.25) is 0 Å². The number of hydrogen-bond donors (Lipinski definition) is 0. The Morgan fingerprint density at radius 3 is 1.70 bits per heavy atom. The summed E-state index contributed by atoms with van der Waals surface area (Å²) in [6.07, 6.45) is 19.7. The van der Waals surface area contributed by atoms with Gasteiger partial charge in [-0.05, 0) is 32.6 Å². The van der Waals surface area contributed by atoms with E-state index in [0.29, 0.717) is 0 Å². The summed E-state index contributed by atoms with van der Waals surface area (Å²) in [7, 11) is 0. The quantitative estimate of drug-likeness (QED) is 0.352. The average Bonchev–Trinajstić information content (AvgIpc) is 2.51. The number of hydrogen-bond acceptors (Lipinski definition) is 3. The van der Waals surface area contributed by atoms with Crippen LogP contribution >= 0.6 is 0 Å². The van der Waals surface area contributed by atoms with Crippen molar-refractivity contribution in [2.45, 2.75) is 91.0 Å². The number of carbonyl (C=O) groups is 1. The van der Waals surface area contributed by atoms with Crippen molar-refractivity contribution < 1.29 is 61.3 Å². The van der Waals surface area contributed by atoms with E-state index in [0.717, 1.165) is 12.8 Å². The van der Waals surface area contributed by atoms with Gasteiger partial charge < -0.3 is 14.8 Å². The second kappa shape index (κ2) is 18.7. The molecule has 4 heteroatoms. The van der Waals surface area contributed by atoms with Gasteiger partial charge in [0, 0.05) is 12.4 Å². The summed E-state index contributed by atoms with van der Waals surface area (Å²) in [4.78, 5) is 12.8. The van der Waals surface area contributed by atoms with Gasteiger partial charge in [0.15, 0.2) is 0 Å². The Morgan fingerprint density at radius 1 is 0.913 bits per heavy atom. The van der Waals surface area contributed by atoms with Gasteiger partial charge >= 0.3 is 51.4 Å². The van der Waals surface area contributed by atoms with Crippen molar-refractivity contribution in [3.63, 3.8) is 0 Å². The molecule has 128 valence electrons. The molecule has 0 heterocycles. The second-order valence-electron chi connectivity index (χ2n) is 5.91. The van der Waals surface area contributed by atoms with Gasteiger partial charge in [-0.15, -0.1) is 0 Å². The van der Waals surface area contributed by atoms with Crippen LogP contribution in [0.2, 0.25) is 0 Å². The summed E-state index contributed by atoms with van der Waals surface area (Å²) < 4.78 is 0. The van der Waals surface area contributed by atoms with Crippen molar-refractivity contribution >= 4 is 5.97 Å². The van der Waals surface area contributed by atoms with Gasteiger partial charge in [-0.3, -0.25) is 0 Å². The van der Waals surface area contributed by atoms with Crippen LogP contribution in [-0.4, -0.2) is 16.9 Å². The van der Waals surface area contributed by atoms with E-state index in [1.54, 1.807) is 11.8 Å². The second-order valence-corrected chi connectivity index (χ2v) is 5.91. The molecular weight excluding hydrogens is 313 g/mol. The van der Waals surface area contributed by atoms with Crippen LogP contribution in [0.15, 0.2) is 24.6 Å². The summed E-state index contributed by atoms with van der Waals surface area (Å²) in [6.45, 7) is 6.06. The van der Waals surface area contributed by atoms with Gasteiger partial charge in [-0.1, -0.05) is 64.5 Å². The van der Waals surface area contributed by atoms with Crippen molar-refractivity contribution in [3.8, 4) is 0 Å². The van der Waals surface area contributed by atoms with E-state index < -0.39 is 12.0 Å². The standard InChI is InChI=1S/C19H35NO2.K/c1-4-6-8-10-12-14-16-20(18(3)19(21)22)17-15-13-11-9-7-5-2;/h14-18H,4-13H2,1-3H3,(H,21,22);/q;+1/p-1/b16-14+,17-15+;. The Labute approximate surface area is 186 Å². The minimum Gasteiger partial charge on any atom is -0.548 e. The number of carbonyl (C=O) groups excluding carboxylic acids is 1. The number of carboxylic acid groups (broad SMARTS) is 1. The summed E-state index contributed by atoms with van der Waals surface area (Å²) >= 11 is 0. The molecule has 3 nitrogen and oxygen atoms in total. The number of allylic oxidation sites excluding steroid dienone is 2.